The maximum atomic E-state index is 5.72. The third-order valence-electron chi connectivity index (χ3n) is 3.23. The average Bonchev–Trinajstić information content (AvgIpc) is 2.56. The molecular formula is C19H29NO5. The SMILES string of the molecule is C/C=C/COc1cc(C)c(OCOCCOC/C(C)=N/OC)c(C)c1. The minimum Gasteiger partial charge on any atom is -0.490 e. The molecule has 0 spiro atoms. The molecule has 25 heavy (non-hydrogen) atoms. The van der Waals surface area contributed by atoms with Gasteiger partial charge in [0.1, 0.15) is 25.2 Å². The summed E-state index contributed by atoms with van der Waals surface area (Å²) in [6.07, 6.45) is 3.93. The number of oxime groups is 1. The van der Waals surface area contributed by atoms with Crippen LogP contribution in [0.5, 0.6) is 11.5 Å². The van der Waals surface area contributed by atoms with Crippen LogP contribution in [-0.2, 0) is 14.3 Å². The van der Waals surface area contributed by atoms with E-state index in [4.69, 9.17) is 18.9 Å². The number of hydrogen-bond donors (Lipinski definition) is 0. The highest BCUT2D eigenvalue weighted by atomic mass is 16.7. The Balaban J connectivity index is 2.31. The molecule has 0 fully saturated rings. The molecule has 0 amide bonds. The highest BCUT2D eigenvalue weighted by Gasteiger charge is 2.07. The molecule has 0 aliphatic rings. The molecule has 0 heterocycles. The summed E-state index contributed by atoms with van der Waals surface area (Å²) in [4.78, 5) is 4.65. The molecule has 1 aromatic rings. The Bertz CT molecular complexity index is 546. The second-order valence-electron chi connectivity index (χ2n) is 5.50. The van der Waals surface area contributed by atoms with Crippen LogP contribution in [0.2, 0.25) is 0 Å². The van der Waals surface area contributed by atoms with E-state index in [0.717, 1.165) is 28.3 Å². The Morgan fingerprint density at radius 3 is 2.40 bits per heavy atom. The van der Waals surface area contributed by atoms with E-state index in [1.165, 1.54) is 7.11 Å². The van der Waals surface area contributed by atoms with Crippen LogP contribution in [0.1, 0.15) is 25.0 Å². The van der Waals surface area contributed by atoms with Crippen molar-refractivity contribution in [2.45, 2.75) is 27.7 Å². The first-order valence-corrected chi connectivity index (χ1v) is 8.28. The number of nitrogens with zero attached hydrogens (tertiary/aromatic N) is 1. The third-order valence-corrected chi connectivity index (χ3v) is 3.23. The summed E-state index contributed by atoms with van der Waals surface area (Å²) >= 11 is 0. The van der Waals surface area contributed by atoms with Crippen molar-refractivity contribution in [3.8, 4) is 11.5 Å². The molecule has 0 bridgehead atoms. The van der Waals surface area contributed by atoms with E-state index in [2.05, 4.69) is 9.99 Å². The standard InChI is InChI=1S/C19H29NO5/c1-6-7-8-24-18-11-15(2)19(16(3)12-18)25-14-23-10-9-22-13-17(4)20-21-5/h6-7,11-12H,8-10,13-14H2,1-5H3/b7-6+,20-17+. The van der Waals surface area contributed by atoms with E-state index in [0.29, 0.717) is 26.4 Å². The lowest BCUT2D eigenvalue weighted by Gasteiger charge is -2.14. The Hall–Kier alpha value is -2.05. The van der Waals surface area contributed by atoms with Gasteiger partial charge >= 0.3 is 0 Å². The first-order valence-electron chi connectivity index (χ1n) is 8.28. The van der Waals surface area contributed by atoms with Crippen molar-refractivity contribution in [2.24, 2.45) is 5.16 Å². The first-order chi connectivity index (χ1) is 12.1. The van der Waals surface area contributed by atoms with E-state index in [1.54, 1.807) is 0 Å². The third kappa shape index (κ3) is 8.56. The molecule has 0 N–H and O–H groups in total. The van der Waals surface area contributed by atoms with Gasteiger partial charge in [-0.2, -0.15) is 0 Å². The summed E-state index contributed by atoms with van der Waals surface area (Å²) in [5.41, 5.74) is 2.81. The second-order valence-corrected chi connectivity index (χ2v) is 5.50. The summed E-state index contributed by atoms with van der Waals surface area (Å²) in [6.45, 7) is 9.87. The Kier molecular flexibility index (Phi) is 10.4. The van der Waals surface area contributed by atoms with Crippen molar-refractivity contribution in [2.75, 3.05) is 40.3 Å². The van der Waals surface area contributed by atoms with Gasteiger partial charge in [-0.05, 0) is 51.0 Å². The fourth-order valence-corrected chi connectivity index (χ4v) is 2.14. The predicted octanol–water partition coefficient (Wildman–Crippen LogP) is 3.65. The number of benzene rings is 1. The molecule has 0 radical (unpaired) electrons. The topological polar surface area (TPSA) is 58.5 Å². The molecule has 0 saturated carbocycles. The molecule has 1 rings (SSSR count). The molecule has 0 unspecified atom stereocenters. The fourth-order valence-electron chi connectivity index (χ4n) is 2.14. The number of ether oxygens (including phenoxy) is 4. The molecule has 6 nitrogen and oxygen atoms in total. The molecule has 0 aromatic heterocycles. The van der Waals surface area contributed by atoms with Crippen molar-refractivity contribution in [3.05, 3.63) is 35.4 Å². The Morgan fingerprint density at radius 1 is 1.08 bits per heavy atom. The van der Waals surface area contributed by atoms with Crippen molar-refractivity contribution < 1.29 is 23.8 Å². The van der Waals surface area contributed by atoms with E-state index in [1.807, 2.05) is 52.0 Å². The molecule has 0 aliphatic carbocycles. The van der Waals surface area contributed by atoms with E-state index >= 15 is 0 Å². The van der Waals surface area contributed by atoms with Crippen molar-refractivity contribution in [1.29, 1.82) is 0 Å². The number of aryl methyl sites for hydroxylation is 2. The molecule has 6 heteroatoms. The van der Waals surface area contributed by atoms with Gasteiger partial charge in [0.15, 0.2) is 6.79 Å². The van der Waals surface area contributed by atoms with Gasteiger partial charge in [-0.25, -0.2) is 0 Å². The molecule has 0 atom stereocenters. The second kappa shape index (κ2) is 12.3. The van der Waals surface area contributed by atoms with E-state index in [9.17, 15) is 0 Å². The highest BCUT2D eigenvalue weighted by molar-refractivity contribution is 5.82. The summed E-state index contributed by atoms with van der Waals surface area (Å²) in [7, 11) is 1.51. The van der Waals surface area contributed by atoms with Crippen LogP contribution < -0.4 is 9.47 Å². The summed E-state index contributed by atoms with van der Waals surface area (Å²) in [5.74, 6) is 1.66. The van der Waals surface area contributed by atoms with Crippen LogP contribution in [0.4, 0.5) is 0 Å². The average molecular weight is 351 g/mol. The van der Waals surface area contributed by atoms with Crippen LogP contribution in [0, 0.1) is 13.8 Å². The van der Waals surface area contributed by atoms with Gasteiger partial charge in [0.05, 0.1) is 25.5 Å². The largest absolute Gasteiger partial charge is 0.490 e. The lowest BCUT2D eigenvalue weighted by Crippen LogP contribution is -2.13. The van der Waals surface area contributed by atoms with Gasteiger partial charge in [-0.1, -0.05) is 17.3 Å². The molecule has 140 valence electrons. The monoisotopic (exact) mass is 351 g/mol. The van der Waals surface area contributed by atoms with Gasteiger partial charge in [-0.3, -0.25) is 0 Å². The normalized spacial score (nSPS) is 11.8. The predicted molar refractivity (Wildman–Crippen MR) is 98.6 cm³/mol. The first kappa shape index (κ1) is 21.0. The fraction of sp³-hybridized carbons (Fsp3) is 0.526. The number of hydrogen-bond acceptors (Lipinski definition) is 6. The number of rotatable bonds is 12. The van der Waals surface area contributed by atoms with Gasteiger partial charge in [0.2, 0.25) is 0 Å². The van der Waals surface area contributed by atoms with Gasteiger partial charge < -0.3 is 23.8 Å². The zero-order valence-corrected chi connectivity index (χ0v) is 15.8. The lowest BCUT2D eigenvalue weighted by atomic mass is 10.1. The maximum absolute atomic E-state index is 5.72. The van der Waals surface area contributed by atoms with E-state index < -0.39 is 0 Å². The van der Waals surface area contributed by atoms with Crippen LogP contribution in [0.15, 0.2) is 29.4 Å². The van der Waals surface area contributed by atoms with Gasteiger partial charge in [0.25, 0.3) is 0 Å². The van der Waals surface area contributed by atoms with Gasteiger partial charge in [0, 0.05) is 0 Å². The molecule has 0 saturated heterocycles. The quantitative estimate of drug-likeness (QED) is 0.189. The van der Waals surface area contributed by atoms with Crippen LogP contribution in [-0.4, -0.2) is 46.0 Å². The smallest absolute Gasteiger partial charge is 0.189 e. The zero-order chi connectivity index (χ0) is 18.5. The maximum Gasteiger partial charge on any atom is 0.189 e. The summed E-state index contributed by atoms with van der Waals surface area (Å²) < 4.78 is 22.2. The minimum atomic E-state index is 0.176. The minimum absolute atomic E-state index is 0.176. The number of allylic oxidation sites excluding steroid dienone is 1. The summed E-state index contributed by atoms with van der Waals surface area (Å²) in [5, 5.41) is 3.76. The Morgan fingerprint density at radius 2 is 1.76 bits per heavy atom. The van der Waals surface area contributed by atoms with Crippen molar-refractivity contribution >= 4 is 5.71 Å². The molecule has 1 aromatic carbocycles. The van der Waals surface area contributed by atoms with E-state index in [-0.39, 0.29) is 6.79 Å². The Labute approximate surface area is 150 Å². The lowest BCUT2D eigenvalue weighted by molar-refractivity contribution is -0.0125. The molecular weight excluding hydrogens is 322 g/mol. The molecule has 0 aliphatic heterocycles. The van der Waals surface area contributed by atoms with Crippen LogP contribution >= 0.6 is 0 Å². The van der Waals surface area contributed by atoms with Crippen LogP contribution in [0.25, 0.3) is 0 Å². The van der Waals surface area contributed by atoms with Gasteiger partial charge in [-0.15, -0.1) is 0 Å². The zero-order valence-electron chi connectivity index (χ0n) is 15.8. The highest BCUT2D eigenvalue weighted by Crippen LogP contribution is 2.28. The van der Waals surface area contributed by atoms with Crippen LogP contribution in [0.3, 0.4) is 0 Å². The summed E-state index contributed by atoms with van der Waals surface area (Å²) in [6, 6.07) is 3.93. The van der Waals surface area contributed by atoms with Crippen molar-refractivity contribution in [3.63, 3.8) is 0 Å². The van der Waals surface area contributed by atoms with Crippen molar-refractivity contribution in [1.82, 2.24) is 0 Å².